The first-order valence-electron chi connectivity index (χ1n) is 5.12. The summed E-state index contributed by atoms with van der Waals surface area (Å²) in [5.41, 5.74) is 0.469. The Morgan fingerprint density at radius 2 is 1.78 bits per heavy atom. The van der Waals surface area contributed by atoms with Gasteiger partial charge in [0, 0.05) is 26.8 Å². The number of hydrogen-bond acceptors (Lipinski definition) is 3. The molecule has 1 atom stereocenters. The fraction of sp³-hybridized carbons (Fsp3) is 0.364. The normalized spacial score (nSPS) is 13.1. The van der Waals surface area contributed by atoms with E-state index in [2.05, 4.69) is 37.2 Å². The SMILES string of the molecule is CC(CS(C)(=O)=O)NC(=O)c1cc(Br)cc(Br)c1. The second-order valence-electron chi connectivity index (χ2n) is 4.13. The molecule has 1 aromatic carbocycles. The molecule has 1 N–H and O–H groups in total. The number of amides is 1. The number of sulfone groups is 1. The van der Waals surface area contributed by atoms with Gasteiger partial charge in [-0.2, -0.15) is 0 Å². The van der Waals surface area contributed by atoms with Gasteiger partial charge >= 0.3 is 0 Å². The van der Waals surface area contributed by atoms with Crippen molar-refractivity contribution in [3.8, 4) is 0 Å². The van der Waals surface area contributed by atoms with E-state index in [1.165, 1.54) is 0 Å². The molecule has 1 aromatic rings. The smallest absolute Gasteiger partial charge is 0.251 e. The summed E-state index contributed by atoms with van der Waals surface area (Å²) in [5, 5.41) is 2.65. The van der Waals surface area contributed by atoms with Gasteiger partial charge in [-0.05, 0) is 25.1 Å². The molecule has 0 heterocycles. The molecule has 1 unspecified atom stereocenters. The van der Waals surface area contributed by atoms with Gasteiger partial charge in [0.1, 0.15) is 9.84 Å². The molecule has 0 saturated carbocycles. The Morgan fingerprint density at radius 3 is 2.22 bits per heavy atom. The molecule has 0 aliphatic rings. The number of hydrogen-bond donors (Lipinski definition) is 1. The maximum Gasteiger partial charge on any atom is 0.251 e. The van der Waals surface area contributed by atoms with Crippen molar-refractivity contribution in [3.63, 3.8) is 0 Å². The summed E-state index contributed by atoms with van der Waals surface area (Å²) in [5.74, 6) is -0.373. The van der Waals surface area contributed by atoms with E-state index in [9.17, 15) is 13.2 Å². The highest BCUT2D eigenvalue weighted by Crippen LogP contribution is 2.20. The van der Waals surface area contributed by atoms with Crippen LogP contribution < -0.4 is 5.32 Å². The van der Waals surface area contributed by atoms with Crippen molar-refractivity contribution in [1.82, 2.24) is 5.32 Å². The summed E-state index contributed by atoms with van der Waals surface area (Å²) in [6.45, 7) is 1.66. The van der Waals surface area contributed by atoms with Gasteiger partial charge < -0.3 is 5.32 Å². The van der Waals surface area contributed by atoms with Crippen LogP contribution in [0.3, 0.4) is 0 Å². The Bertz CT molecular complexity index is 537. The minimum absolute atomic E-state index is 0.0755. The van der Waals surface area contributed by atoms with E-state index in [0.29, 0.717) is 5.56 Å². The van der Waals surface area contributed by atoms with E-state index in [1.54, 1.807) is 19.1 Å². The van der Waals surface area contributed by atoms with E-state index < -0.39 is 15.9 Å². The van der Waals surface area contributed by atoms with Crippen molar-refractivity contribution < 1.29 is 13.2 Å². The molecule has 0 saturated heterocycles. The summed E-state index contributed by atoms with van der Waals surface area (Å²) in [4.78, 5) is 11.9. The molecule has 0 spiro atoms. The monoisotopic (exact) mass is 397 g/mol. The number of carbonyl (C=O) groups is 1. The lowest BCUT2D eigenvalue weighted by atomic mass is 10.2. The van der Waals surface area contributed by atoms with Crippen molar-refractivity contribution in [2.24, 2.45) is 0 Å². The number of rotatable bonds is 4. The average molecular weight is 399 g/mol. The van der Waals surface area contributed by atoms with Gasteiger partial charge in [-0.25, -0.2) is 8.42 Å². The second-order valence-corrected chi connectivity index (χ2v) is 8.14. The van der Waals surface area contributed by atoms with Crippen LogP contribution in [-0.2, 0) is 9.84 Å². The number of carbonyl (C=O) groups excluding carboxylic acids is 1. The Morgan fingerprint density at radius 1 is 1.28 bits per heavy atom. The highest BCUT2D eigenvalue weighted by Gasteiger charge is 2.14. The van der Waals surface area contributed by atoms with Crippen molar-refractivity contribution >= 4 is 47.6 Å². The molecule has 0 aromatic heterocycles. The van der Waals surface area contributed by atoms with Gasteiger partial charge in [0.2, 0.25) is 0 Å². The van der Waals surface area contributed by atoms with Crippen LogP contribution in [0.25, 0.3) is 0 Å². The van der Waals surface area contributed by atoms with Crippen LogP contribution in [-0.4, -0.2) is 32.4 Å². The van der Waals surface area contributed by atoms with E-state index in [0.717, 1.165) is 15.2 Å². The highest BCUT2D eigenvalue weighted by atomic mass is 79.9. The zero-order valence-corrected chi connectivity index (χ0v) is 13.9. The van der Waals surface area contributed by atoms with Crippen LogP contribution in [0.2, 0.25) is 0 Å². The third kappa shape index (κ3) is 5.49. The standard InChI is InChI=1S/C11H13Br2NO3S/c1-7(6-18(2,16)17)14-11(15)8-3-9(12)5-10(13)4-8/h3-5,7H,6H2,1-2H3,(H,14,15). The molecular weight excluding hydrogens is 386 g/mol. The summed E-state index contributed by atoms with van der Waals surface area (Å²) in [6.07, 6.45) is 1.14. The van der Waals surface area contributed by atoms with Crippen LogP contribution in [0.15, 0.2) is 27.1 Å². The highest BCUT2D eigenvalue weighted by molar-refractivity contribution is 9.11. The fourth-order valence-electron chi connectivity index (χ4n) is 1.49. The first kappa shape index (κ1) is 15.7. The maximum absolute atomic E-state index is 11.9. The third-order valence-corrected chi connectivity index (χ3v) is 4.08. The topological polar surface area (TPSA) is 63.2 Å². The summed E-state index contributed by atoms with van der Waals surface area (Å²) >= 11 is 6.58. The van der Waals surface area contributed by atoms with Gasteiger partial charge in [0.05, 0.1) is 5.75 Å². The Hall–Kier alpha value is -0.400. The molecule has 1 rings (SSSR count). The van der Waals surface area contributed by atoms with Crippen molar-refractivity contribution in [3.05, 3.63) is 32.7 Å². The van der Waals surface area contributed by atoms with Crippen molar-refractivity contribution in [1.29, 1.82) is 0 Å². The molecule has 0 bridgehead atoms. The fourth-order valence-corrected chi connectivity index (χ4v) is 3.77. The molecule has 4 nitrogen and oxygen atoms in total. The molecule has 0 aliphatic carbocycles. The third-order valence-electron chi connectivity index (χ3n) is 2.05. The number of nitrogens with one attached hydrogen (secondary N) is 1. The van der Waals surface area contributed by atoms with Crippen LogP contribution in [0.1, 0.15) is 17.3 Å². The first-order valence-corrected chi connectivity index (χ1v) is 8.77. The number of benzene rings is 1. The van der Waals surface area contributed by atoms with Crippen LogP contribution >= 0.6 is 31.9 Å². The van der Waals surface area contributed by atoms with Gasteiger partial charge in [-0.15, -0.1) is 0 Å². The summed E-state index contributed by atoms with van der Waals surface area (Å²) in [7, 11) is -3.10. The van der Waals surface area contributed by atoms with E-state index in [4.69, 9.17) is 0 Å². The van der Waals surface area contributed by atoms with Crippen LogP contribution in [0, 0.1) is 0 Å². The largest absolute Gasteiger partial charge is 0.349 e. The van der Waals surface area contributed by atoms with Gasteiger partial charge in [-0.3, -0.25) is 4.79 Å². The van der Waals surface area contributed by atoms with Gasteiger partial charge in [0.15, 0.2) is 0 Å². The zero-order chi connectivity index (χ0) is 13.9. The van der Waals surface area contributed by atoms with Crippen molar-refractivity contribution in [2.45, 2.75) is 13.0 Å². The molecule has 0 fully saturated rings. The molecule has 100 valence electrons. The summed E-state index contributed by atoms with van der Waals surface area (Å²) in [6, 6.07) is 4.74. The minimum Gasteiger partial charge on any atom is -0.349 e. The zero-order valence-electron chi connectivity index (χ0n) is 9.91. The Kier molecular flexibility index (Phi) is 5.36. The molecule has 0 radical (unpaired) electrons. The van der Waals surface area contributed by atoms with E-state index in [1.807, 2.05) is 6.07 Å². The average Bonchev–Trinajstić information content (AvgIpc) is 2.12. The lowest BCUT2D eigenvalue weighted by Gasteiger charge is -2.13. The van der Waals surface area contributed by atoms with E-state index in [-0.39, 0.29) is 11.7 Å². The minimum atomic E-state index is -3.10. The van der Waals surface area contributed by atoms with E-state index >= 15 is 0 Å². The van der Waals surface area contributed by atoms with Crippen LogP contribution in [0.5, 0.6) is 0 Å². The molecule has 1 amide bonds. The maximum atomic E-state index is 11.9. The predicted molar refractivity (Wildman–Crippen MR) is 78.5 cm³/mol. The molecule has 18 heavy (non-hydrogen) atoms. The van der Waals surface area contributed by atoms with Crippen molar-refractivity contribution in [2.75, 3.05) is 12.0 Å². The summed E-state index contributed by atoms with van der Waals surface area (Å²) < 4.78 is 23.8. The Balaban J connectivity index is 2.76. The van der Waals surface area contributed by atoms with Crippen LogP contribution in [0.4, 0.5) is 0 Å². The van der Waals surface area contributed by atoms with Gasteiger partial charge in [0.25, 0.3) is 5.91 Å². The first-order chi connectivity index (χ1) is 8.17. The molecule has 0 aliphatic heterocycles. The Labute approximate surface area is 123 Å². The lowest BCUT2D eigenvalue weighted by Crippen LogP contribution is -2.37. The molecule has 7 heteroatoms. The number of halogens is 2. The van der Waals surface area contributed by atoms with Gasteiger partial charge in [-0.1, -0.05) is 31.9 Å². The molecular formula is C11H13Br2NO3S. The lowest BCUT2D eigenvalue weighted by molar-refractivity contribution is 0.0943. The quantitative estimate of drug-likeness (QED) is 0.846. The predicted octanol–water partition coefficient (Wildman–Crippen LogP) is 2.37. The second kappa shape index (κ2) is 6.16.